The van der Waals surface area contributed by atoms with Gasteiger partial charge in [-0.3, -0.25) is 4.79 Å². The number of ether oxygens (including phenoxy) is 1. The van der Waals surface area contributed by atoms with E-state index in [1.807, 2.05) is 0 Å². The van der Waals surface area contributed by atoms with E-state index in [1.165, 1.54) is 7.11 Å². The standard InChI is InChI=1S/C13H23NO5S/c1-19-13(16)11-3-2-4-12(11)20(17,18)14-8-9-5-6-10(15)7-9/h9-12,14-15H,2-8H2,1H3. The summed E-state index contributed by atoms with van der Waals surface area (Å²) in [6.45, 7) is 0.351. The molecule has 7 heteroatoms. The van der Waals surface area contributed by atoms with Crippen molar-refractivity contribution in [2.75, 3.05) is 13.7 Å². The summed E-state index contributed by atoms with van der Waals surface area (Å²) in [6.07, 6.45) is 3.72. The first-order valence-electron chi connectivity index (χ1n) is 7.18. The number of hydrogen-bond acceptors (Lipinski definition) is 5. The molecule has 0 heterocycles. The molecule has 0 amide bonds. The van der Waals surface area contributed by atoms with Gasteiger partial charge in [-0.15, -0.1) is 0 Å². The van der Waals surface area contributed by atoms with Gasteiger partial charge in [0, 0.05) is 6.54 Å². The molecule has 0 saturated heterocycles. The summed E-state index contributed by atoms with van der Waals surface area (Å²) in [4.78, 5) is 11.6. The number of hydrogen-bond donors (Lipinski definition) is 2. The van der Waals surface area contributed by atoms with Gasteiger partial charge in [0.1, 0.15) is 0 Å². The monoisotopic (exact) mass is 305 g/mol. The molecule has 0 aromatic heterocycles. The number of carbonyl (C=O) groups excluding carboxylic acids is 1. The summed E-state index contributed by atoms with van der Waals surface area (Å²) in [7, 11) is -2.21. The Kier molecular flexibility index (Phi) is 5.04. The molecular formula is C13H23NO5S. The molecule has 0 aliphatic heterocycles. The minimum Gasteiger partial charge on any atom is -0.469 e. The van der Waals surface area contributed by atoms with E-state index in [0.717, 1.165) is 19.3 Å². The second kappa shape index (κ2) is 6.41. The maximum absolute atomic E-state index is 12.3. The van der Waals surface area contributed by atoms with Crippen LogP contribution in [-0.2, 0) is 19.6 Å². The second-order valence-electron chi connectivity index (χ2n) is 5.83. The van der Waals surface area contributed by atoms with Gasteiger partial charge < -0.3 is 9.84 Å². The Labute approximate surface area is 119 Å². The number of esters is 1. The van der Waals surface area contributed by atoms with Gasteiger partial charge in [-0.1, -0.05) is 6.42 Å². The number of aliphatic hydroxyl groups is 1. The van der Waals surface area contributed by atoms with Gasteiger partial charge in [0.05, 0.1) is 24.4 Å². The van der Waals surface area contributed by atoms with Crippen molar-refractivity contribution in [3.05, 3.63) is 0 Å². The number of aliphatic hydroxyl groups excluding tert-OH is 1. The summed E-state index contributed by atoms with van der Waals surface area (Å²) in [6, 6.07) is 0. The Bertz CT molecular complexity index is 450. The third kappa shape index (κ3) is 3.51. The van der Waals surface area contributed by atoms with Crippen molar-refractivity contribution in [3.8, 4) is 0 Å². The minimum absolute atomic E-state index is 0.192. The van der Waals surface area contributed by atoms with E-state index in [4.69, 9.17) is 0 Å². The van der Waals surface area contributed by atoms with E-state index in [-0.39, 0.29) is 12.0 Å². The molecule has 0 radical (unpaired) electrons. The molecule has 0 aromatic carbocycles. The lowest BCUT2D eigenvalue weighted by Gasteiger charge is -2.20. The number of carbonyl (C=O) groups is 1. The summed E-state index contributed by atoms with van der Waals surface area (Å²) < 4.78 is 32.0. The molecule has 2 aliphatic carbocycles. The zero-order valence-electron chi connectivity index (χ0n) is 11.7. The van der Waals surface area contributed by atoms with Gasteiger partial charge in [0.25, 0.3) is 0 Å². The van der Waals surface area contributed by atoms with Crippen molar-refractivity contribution in [1.29, 1.82) is 0 Å². The molecule has 2 fully saturated rings. The van der Waals surface area contributed by atoms with E-state index in [2.05, 4.69) is 9.46 Å². The van der Waals surface area contributed by atoms with Gasteiger partial charge in [-0.05, 0) is 38.0 Å². The summed E-state index contributed by atoms with van der Waals surface area (Å²) in [5, 5.41) is 8.77. The van der Waals surface area contributed by atoms with E-state index >= 15 is 0 Å². The fourth-order valence-electron chi connectivity index (χ4n) is 3.29. The third-order valence-electron chi connectivity index (χ3n) is 4.44. The van der Waals surface area contributed by atoms with Crippen LogP contribution in [0.4, 0.5) is 0 Å². The fourth-order valence-corrected chi connectivity index (χ4v) is 5.13. The van der Waals surface area contributed by atoms with Crippen molar-refractivity contribution in [2.45, 2.75) is 49.9 Å². The zero-order chi connectivity index (χ0) is 14.8. The Morgan fingerprint density at radius 1 is 1.30 bits per heavy atom. The molecule has 2 saturated carbocycles. The van der Waals surface area contributed by atoms with Crippen molar-refractivity contribution < 1.29 is 23.1 Å². The van der Waals surface area contributed by atoms with Gasteiger partial charge in [0.15, 0.2) is 0 Å². The van der Waals surface area contributed by atoms with Crippen LogP contribution in [0.25, 0.3) is 0 Å². The largest absolute Gasteiger partial charge is 0.469 e. The normalized spacial score (nSPS) is 34.3. The first-order valence-corrected chi connectivity index (χ1v) is 8.73. The van der Waals surface area contributed by atoms with Crippen LogP contribution < -0.4 is 4.72 Å². The molecule has 4 unspecified atom stereocenters. The first-order chi connectivity index (χ1) is 9.44. The second-order valence-corrected chi connectivity index (χ2v) is 7.81. The average Bonchev–Trinajstić information content (AvgIpc) is 3.04. The molecule has 2 N–H and O–H groups in total. The topological polar surface area (TPSA) is 92.7 Å². The number of rotatable bonds is 5. The number of sulfonamides is 1. The molecule has 0 bridgehead atoms. The van der Waals surface area contributed by atoms with Crippen LogP contribution in [0.2, 0.25) is 0 Å². The van der Waals surface area contributed by atoms with Crippen LogP contribution in [0, 0.1) is 11.8 Å². The van der Waals surface area contributed by atoms with E-state index < -0.39 is 27.2 Å². The maximum Gasteiger partial charge on any atom is 0.310 e. The van der Waals surface area contributed by atoms with Crippen molar-refractivity contribution >= 4 is 16.0 Å². The number of methoxy groups -OCH3 is 1. The highest BCUT2D eigenvalue weighted by Gasteiger charge is 2.42. The lowest BCUT2D eigenvalue weighted by atomic mass is 10.1. The predicted octanol–water partition coefficient (Wildman–Crippen LogP) is 0.408. The SMILES string of the molecule is COC(=O)C1CCCC1S(=O)(=O)NCC1CCC(O)C1. The highest BCUT2D eigenvalue weighted by Crippen LogP contribution is 2.32. The summed E-state index contributed by atoms with van der Waals surface area (Å²) in [5.41, 5.74) is 0. The van der Waals surface area contributed by atoms with Crippen LogP contribution in [-0.4, -0.2) is 44.5 Å². The van der Waals surface area contributed by atoms with Crippen LogP contribution in [0.15, 0.2) is 0 Å². The summed E-state index contributed by atoms with van der Waals surface area (Å²) in [5.74, 6) is -0.793. The van der Waals surface area contributed by atoms with Crippen LogP contribution in [0.3, 0.4) is 0 Å². The lowest BCUT2D eigenvalue weighted by molar-refractivity contribution is -0.145. The molecule has 0 aromatic rings. The molecular weight excluding hydrogens is 282 g/mol. The van der Waals surface area contributed by atoms with Gasteiger partial charge >= 0.3 is 5.97 Å². The zero-order valence-corrected chi connectivity index (χ0v) is 12.6. The molecule has 2 rings (SSSR count). The Morgan fingerprint density at radius 3 is 2.65 bits per heavy atom. The average molecular weight is 305 g/mol. The van der Waals surface area contributed by atoms with Gasteiger partial charge in [-0.25, -0.2) is 13.1 Å². The summed E-state index contributed by atoms with van der Waals surface area (Å²) >= 11 is 0. The van der Waals surface area contributed by atoms with E-state index in [1.54, 1.807) is 0 Å². The highest BCUT2D eigenvalue weighted by molar-refractivity contribution is 7.90. The third-order valence-corrected chi connectivity index (χ3v) is 6.37. The van der Waals surface area contributed by atoms with Crippen molar-refractivity contribution in [3.63, 3.8) is 0 Å². The molecule has 4 atom stereocenters. The van der Waals surface area contributed by atoms with Crippen LogP contribution >= 0.6 is 0 Å². The smallest absolute Gasteiger partial charge is 0.310 e. The van der Waals surface area contributed by atoms with Gasteiger partial charge in [0.2, 0.25) is 10.0 Å². The molecule has 116 valence electrons. The maximum atomic E-state index is 12.3. The van der Waals surface area contributed by atoms with E-state index in [0.29, 0.717) is 25.8 Å². The molecule has 6 nitrogen and oxygen atoms in total. The first kappa shape index (κ1) is 15.7. The Hall–Kier alpha value is -0.660. The quantitative estimate of drug-likeness (QED) is 0.718. The van der Waals surface area contributed by atoms with Crippen LogP contribution in [0.1, 0.15) is 38.5 Å². The Balaban J connectivity index is 1.93. The lowest BCUT2D eigenvalue weighted by Crippen LogP contribution is -2.41. The Morgan fingerprint density at radius 2 is 2.05 bits per heavy atom. The van der Waals surface area contributed by atoms with E-state index in [9.17, 15) is 18.3 Å². The highest BCUT2D eigenvalue weighted by atomic mass is 32.2. The molecule has 0 spiro atoms. The minimum atomic E-state index is -3.50. The molecule has 20 heavy (non-hydrogen) atoms. The van der Waals surface area contributed by atoms with Crippen molar-refractivity contribution in [2.24, 2.45) is 11.8 Å². The van der Waals surface area contributed by atoms with Crippen LogP contribution in [0.5, 0.6) is 0 Å². The predicted molar refractivity (Wildman–Crippen MR) is 73.4 cm³/mol. The fraction of sp³-hybridized carbons (Fsp3) is 0.923. The molecule has 2 aliphatic rings. The van der Waals surface area contributed by atoms with Crippen molar-refractivity contribution in [1.82, 2.24) is 4.72 Å². The number of nitrogens with one attached hydrogen (secondary N) is 1. The van der Waals surface area contributed by atoms with Gasteiger partial charge in [-0.2, -0.15) is 0 Å².